The Bertz CT molecular complexity index is 1580. The van der Waals surface area contributed by atoms with Crippen molar-refractivity contribution in [3.8, 4) is 17.3 Å². The molecule has 4 heterocycles. The van der Waals surface area contributed by atoms with Gasteiger partial charge >= 0.3 is 0 Å². The van der Waals surface area contributed by atoms with Crippen LogP contribution < -0.4 is 15.6 Å². The molecule has 0 radical (unpaired) electrons. The van der Waals surface area contributed by atoms with E-state index in [0.717, 1.165) is 29.5 Å². The summed E-state index contributed by atoms with van der Waals surface area (Å²) in [5.41, 5.74) is 4.03. The molecule has 5 rings (SSSR count). The second-order valence-corrected chi connectivity index (χ2v) is 10.3. The van der Waals surface area contributed by atoms with E-state index in [1.165, 1.54) is 18.9 Å². The molecule has 0 saturated carbocycles. The normalized spacial score (nSPS) is 14.8. The standard InChI is InChI=1S/C29H31ClN6O4/c1-17-12-20(4-5-21(17)18-7-10-36(11-8-18)29(38)22(30)16-39-2)33-27-26-19(6-9-32-28(26)37)13-23(35-27)24-14-31-15-25(34-24)40-3/h4-6,9,12-15,18,22H,7-8,10-11,16H2,1-3H3,(H,32,37)(H,33,35). The fourth-order valence-corrected chi connectivity index (χ4v) is 5.44. The van der Waals surface area contributed by atoms with Crippen molar-refractivity contribution in [2.75, 3.05) is 39.2 Å². The Morgan fingerprint density at radius 3 is 2.67 bits per heavy atom. The number of carbonyl (C=O) groups excluding carboxylic acids is 1. The number of alkyl halides is 1. The summed E-state index contributed by atoms with van der Waals surface area (Å²) in [6.45, 7) is 3.61. The minimum absolute atomic E-state index is 0.0740. The van der Waals surface area contributed by atoms with Crippen LogP contribution in [0.2, 0.25) is 0 Å². The molecule has 2 N–H and O–H groups in total. The maximum Gasteiger partial charge on any atom is 0.259 e. The van der Waals surface area contributed by atoms with Gasteiger partial charge in [0.25, 0.3) is 5.56 Å². The van der Waals surface area contributed by atoms with Crippen molar-refractivity contribution in [1.82, 2.24) is 24.8 Å². The van der Waals surface area contributed by atoms with E-state index < -0.39 is 5.38 Å². The highest BCUT2D eigenvalue weighted by Crippen LogP contribution is 2.33. The summed E-state index contributed by atoms with van der Waals surface area (Å²) in [5, 5.41) is 3.87. The number of carbonyl (C=O) groups is 1. The fraction of sp³-hybridized carbons (Fsp3) is 0.345. The van der Waals surface area contributed by atoms with E-state index in [0.29, 0.717) is 47.5 Å². The van der Waals surface area contributed by atoms with E-state index in [4.69, 9.17) is 26.1 Å². The lowest BCUT2D eigenvalue weighted by Crippen LogP contribution is -2.43. The van der Waals surface area contributed by atoms with Crippen LogP contribution in [0.15, 0.2) is 53.7 Å². The van der Waals surface area contributed by atoms with E-state index in [9.17, 15) is 9.59 Å². The maximum atomic E-state index is 12.8. The molecule has 1 aliphatic rings. The van der Waals surface area contributed by atoms with E-state index >= 15 is 0 Å². The predicted octanol–water partition coefficient (Wildman–Crippen LogP) is 4.40. The third-order valence-electron chi connectivity index (χ3n) is 7.20. The zero-order valence-corrected chi connectivity index (χ0v) is 23.4. The summed E-state index contributed by atoms with van der Waals surface area (Å²) >= 11 is 6.17. The lowest BCUT2D eigenvalue weighted by atomic mass is 9.86. The molecular weight excluding hydrogens is 532 g/mol. The first-order valence-corrected chi connectivity index (χ1v) is 13.5. The van der Waals surface area contributed by atoms with E-state index in [1.54, 1.807) is 19.5 Å². The Morgan fingerprint density at radius 1 is 1.15 bits per heavy atom. The van der Waals surface area contributed by atoms with Gasteiger partial charge in [0.05, 0.1) is 37.2 Å². The van der Waals surface area contributed by atoms with Gasteiger partial charge in [0.2, 0.25) is 11.8 Å². The number of anilines is 2. The fourth-order valence-electron chi connectivity index (χ4n) is 5.18. The first kappa shape index (κ1) is 27.5. The molecule has 10 nitrogen and oxygen atoms in total. The number of aryl methyl sites for hydroxylation is 1. The Labute approximate surface area is 236 Å². The minimum Gasteiger partial charge on any atom is -0.480 e. The molecule has 1 amide bonds. The lowest BCUT2D eigenvalue weighted by molar-refractivity contribution is -0.132. The topological polar surface area (TPSA) is 122 Å². The molecule has 11 heteroatoms. The highest BCUT2D eigenvalue weighted by atomic mass is 35.5. The SMILES string of the molecule is COCC(Cl)C(=O)N1CCC(c2ccc(Nc3nc(-c4cncc(OC)n4)cc4cc[nH]c(=O)c34)cc2C)CC1. The number of piperidine rings is 1. The molecule has 1 atom stereocenters. The number of aromatic nitrogens is 4. The summed E-state index contributed by atoms with van der Waals surface area (Å²) in [4.78, 5) is 43.3. The van der Waals surface area contributed by atoms with E-state index in [1.807, 2.05) is 23.1 Å². The molecule has 0 spiro atoms. The van der Waals surface area contributed by atoms with Gasteiger partial charge in [0.15, 0.2) is 0 Å². The number of fused-ring (bicyclic) bond motifs is 1. The van der Waals surface area contributed by atoms with Crippen LogP contribution in [0.1, 0.15) is 29.9 Å². The van der Waals surface area contributed by atoms with Crippen molar-refractivity contribution < 1.29 is 14.3 Å². The van der Waals surface area contributed by atoms with Gasteiger partial charge in [-0.3, -0.25) is 14.6 Å². The maximum absolute atomic E-state index is 12.8. The van der Waals surface area contributed by atoms with Gasteiger partial charge in [-0.05, 0) is 66.5 Å². The molecule has 3 aromatic heterocycles. The number of likely N-dealkylation sites (tertiary alicyclic amines) is 1. The predicted molar refractivity (Wildman–Crippen MR) is 154 cm³/mol. The highest BCUT2D eigenvalue weighted by molar-refractivity contribution is 6.30. The molecule has 208 valence electrons. The second kappa shape index (κ2) is 12.0. The molecule has 40 heavy (non-hydrogen) atoms. The average molecular weight is 563 g/mol. The van der Waals surface area contributed by atoms with Gasteiger partial charge in [-0.25, -0.2) is 9.97 Å². The number of methoxy groups -OCH3 is 2. The largest absolute Gasteiger partial charge is 0.480 e. The molecule has 1 saturated heterocycles. The number of aromatic amines is 1. The van der Waals surface area contributed by atoms with Gasteiger partial charge in [-0.1, -0.05) is 6.07 Å². The van der Waals surface area contributed by atoms with Gasteiger partial charge in [-0.15, -0.1) is 11.6 Å². The third-order valence-corrected chi connectivity index (χ3v) is 7.51. The second-order valence-electron chi connectivity index (χ2n) is 9.79. The number of ether oxygens (including phenoxy) is 2. The van der Waals surface area contributed by atoms with Crippen molar-refractivity contribution in [2.45, 2.75) is 31.1 Å². The number of amides is 1. The number of hydrogen-bond donors (Lipinski definition) is 2. The Morgan fingerprint density at radius 2 is 1.95 bits per heavy atom. The molecule has 1 fully saturated rings. The number of nitrogens with zero attached hydrogens (tertiary/aromatic N) is 4. The number of nitrogens with one attached hydrogen (secondary N) is 2. The van der Waals surface area contributed by atoms with E-state index in [-0.39, 0.29) is 18.1 Å². The zero-order chi connectivity index (χ0) is 28.2. The van der Waals surface area contributed by atoms with Crippen molar-refractivity contribution in [3.05, 3.63) is 70.4 Å². The number of halogens is 1. The van der Waals surface area contributed by atoms with E-state index in [2.05, 4.69) is 39.3 Å². The van der Waals surface area contributed by atoms with Crippen LogP contribution >= 0.6 is 11.6 Å². The summed E-state index contributed by atoms with van der Waals surface area (Å²) < 4.78 is 10.2. The summed E-state index contributed by atoms with van der Waals surface area (Å²) in [6.07, 6.45) is 6.47. The number of pyridine rings is 2. The van der Waals surface area contributed by atoms with Gasteiger partial charge < -0.3 is 24.7 Å². The monoisotopic (exact) mass is 562 g/mol. The first-order chi connectivity index (χ1) is 19.4. The molecular formula is C29H31ClN6O4. The van der Waals surface area contributed by atoms with Crippen LogP contribution in [0, 0.1) is 6.92 Å². The van der Waals surface area contributed by atoms with Crippen molar-refractivity contribution in [3.63, 3.8) is 0 Å². The molecule has 1 aromatic carbocycles. The molecule has 0 bridgehead atoms. The summed E-state index contributed by atoms with van der Waals surface area (Å²) in [6, 6.07) is 9.80. The van der Waals surface area contributed by atoms with Crippen molar-refractivity contribution in [1.29, 1.82) is 0 Å². The summed E-state index contributed by atoms with van der Waals surface area (Å²) in [7, 11) is 3.07. The Balaban J connectivity index is 1.38. The van der Waals surface area contributed by atoms with Crippen LogP contribution in [-0.4, -0.2) is 70.0 Å². The van der Waals surface area contributed by atoms with Crippen LogP contribution in [-0.2, 0) is 9.53 Å². The smallest absolute Gasteiger partial charge is 0.259 e. The van der Waals surface area contributed by atoms with Gasteiger partial charge in [0.1, 0.15) is 16.9 Å². The molecule has 1 unspecified atom stereocenters. The minimum atomic E-state index is -0.653. The Hall–Kier alpha value is -4.02. The number of rotatable bonds is 8. The van der Waals surface area contributed by atoms with Crippen LogP contribution in [0.4, 0.5) is 11.5 Å². The van der Waals surface area contributed by atoms with Crippen LogP contribution in [0.25, 0.3) is 22.2 Å². The number of hydrogen-bond acceptors (Lipinski definition) is 8. The van der Waals surface area contributed by atoms with Gasteiger partial charge in [-0.2, -0.15) is 0 Å². The van der Waals surface area contributed by atoms with Crippen LogP contribution in [0.3, 0.4) is 0 Å². The molecule has 0 aliphatic carbocycles. The first-order valence-electron chi connectivity index (χ1n) is 13.1. The zero-order valence-electron chi connectivity index (χ0n) is 22.6. The Kier molecular flexibility index (Phi) is 8.27. The lowest BCUT2D eigenvalue weighted by Gasteiger charge is -2.34. The van der Waals surface area contributed by atoms with Crippen molar-refractivity contribution in [2.24, 2.45) is 0 Å². The van der Waals surface area contributed by atoms with Crippen molar-refractivity contribution >= 4 is 39.8 Å². The number of benzene rings is 1. The molecule has 4 aromatic rings. The quantitative estimate of drug-likeness (QED) is 0.303. The molecule has 1 aliphatic heterocycles. The highest BCUT2D eigenvalue weighted by Gasteiger charge is 2.28. The summed E-state index contributed by atoms with van der Waals surface area (Å²) in [5.74, 6) is 1.06. The van der Waals surface area contributed by atoms with Gasteiger partial charge in [0, 0.05) is 32.1 Å². The number of H-pyrrole nitrogens is 1. The third kappa shape index (κ3) is 5.78. The average Bonchev–Trinajstić information content (AvgIpc) is 2.97. The van der Waals surface area contributed by atoms with Crippen LogP contribution in [0.5, 0.6) is 5.88 Å².